The van der Waals surface area contributed by atoms with Crippen LogP contribution in [0.1, 0.15) is 48.2 Å². The second-order valence-corrected chi connectivity index (χ2v) is 7.04. The number of nitrogens with one attached hydrogen (secondary N) is 1. The predicted molar refractivity (Wildman–Crippen MR) is 107 cm³/mol. The zero-order valence-electron chi connectivity index (χ0n) is 16.1. The number of methoxy groups -OCH3 is 1. The zero-order chi connectivity index (χ0) is 20.1. The Balaban J connectivity index is 2.15. The number of carbonyl (C=O) groups excluding carboxylic acids is 2. The van der Waals surface area contributed by atoms with Crippen molar-refractivity contribution in [3.05, 3.63) is 58.1 Å². The highest BCUT2D eigenvalue weighted by Crippen LogP contribution is 2.28. The molecule has 0 aliphatic carbocycles. The van der Waals surface area contributed by atoms with Crippen LogP contribution in [0.5, 0.6) is 5.75 Å². The van der Waals surface area contributed by atoms with Crippen molar-refractivity contribution < 1.29 is 19.1 Å². The summed E-state index contributed by atoms with van der Waals surface area (Å²) in [5, 5.41) is 3.00. The summed E-state index contributed by atoms with van der Waals surface area (Å²) in [7, 11) is 1.27. The largest absolute Gasteiger partial charge is 0.481 e. The molecule has 2 aromatic rings. The normalized spacial score (nSPS) is 11.8. The monoisotopic (exact) mass is 389 g/mol. The standard InChI is InChI=1S/C21H24ClNO4/c1-12(2)16-8-6-13(3)10-19(16)27-14(4)20(24)23-15-7-9-18(22)17(11-15)21(25)26-5/h6-12,14H,1-5H3,(H,23,24)/t14-/m0/s1. The maximum Gasteiger partial charge on any atom is 0.339 e. The van der Waals surface area contributed by atoms with Gasteiger partial charge in [0.25, 0.3) is 5.91 Å². The summed E-state index contributed by atoms with van der Waals surface area (Å²) in [5.74, 6) is 0.0693. The van der Waals surface area contributed by atoms with Crippen LogP contribution in [0.2, 0.25) is 5.02 Å². The number of rotatable bonds is 6. The van der Waals surface area contributed by atoms with E-state index < -0.39 is 12.1 Å². The van der Waals surface area contributed by atoms with Gasteiger partial charge in [-0.2, -0.15) is 0 Å². The molecule has 0 bridgehead atoms. The van der Waals surface area contributed by atoms with Crippen LogP contribution in [0.4, 0.5) is 5.69 Å². The molecule has 27 heavy (non-hydrogen) atoms. The van der Waals surface area contributed by atoms with Crippen LogP contribution < -0.4 is 10.1 Å². The molecule has 2 aromatic carbocycles. The quantitative estimate of drug-likeness (QED) is 0.709. The van der Waals surface area contributed by atoms with Crippen molar-refractivity contribution in [2.24, 2.45) is 0 Å². The van der Waals surface area contributed by atoms with Crippen LogP contribution in [0, 0.1) is 6.92 Å². The summed E-state index contributed by atoms with van der Waals surface area (Å²) in [6.07, 6.45) is -0.721. The lowest BCUT2D eigenvalue weighted by molar-refractivity contribution is -0.122. The third-order valence-corrected chi connectivity index (χ3v) is 4.43. The van der Waals surface area contributed by atoms with E-state index in [1.807, 2.05) is 25.1 Å². The Morgan fingerprint density at radius 1 is 1.07 bits per heavy atom. The minimum absolute atomic E-state index is 0.186. The fourth-order valence-electron chi connectivity index (χ4n) is 2.58. The van der Waals surface area contributed by atoms with Crippen molar-refractivity contribution in [3.63, 3.8) is 0 Å². The number of ether oxygens (including phenoxy) is 2. The van der Waals surface area contributed by atoms with Crippen molar-refractivity contribution in [1.29, 1.82) is 0 Å². The van der Waals surface area contributed by atoms with Gasteiger partial charge in [-0.25, -0.2) is 4.79 Å². The third kappa shape index (κ3) is 5.23. The number of hydrogen-bond donors (Lipinski definition) is 1. The SMILES string of the molecule is COC(=O)c1cc(NC(=O)[C@H](C)Oc2cc(C)ccc2C(C)C)ccc1Cl. The Morgan fingerprint density at radius 3 is 2.41 bits per heavy atom. The highest BCUT2D eigenvalue weighted by molar-refractivity contribution is 6.33. The molecular formula is C21H24ClNO4. The average Bonchev–Trinajstić information content (AvgIpc) is 2.62. The zero-order valence-corrected chi connectivity index (χ0v) is 16.9. The highest BCUT2D eigenvalue weighted by Gasteiger charge is 2.19. The molecule has 0 spiro atoms. The van der Waals surface area contributed by atoms with Gasteiger partial charge in [0.1, 0.15) is 5.75 Å². The van der Waals surface area contributed by atoms with Crippen LogP contribution >= 0.6 is 11.6 Å². The van der Waals surface area contributed by atoms with Crippen molar-refractivity contribution in [1.82, 2.24) is 0 Å². The molecule has 0 unspecified atom stereocenters. The minimum atomic E-state index is -0.721. The lowest BCUT2D eigenvalue weighted by Gasteiger charge is -2.19. The molecule has 5 nitrogen and oxygen atoms in total. The van der Waals surface area contributed by atoms with Gasteiger partial charge in [-0.05, 0) is 55.2 Å². The Kier molecular flexibility index (Phi) is 6.86. The summed E-state index contributed by atoms with van der Waals surface area (Å²) in [4.78, 5) is 24.3. The van der Waals surface area contributed by atoms with Gasteiger partial charge in [-0.3, -0.25) is 4.79 Å². The van der Waals surface area contributed by atoms with Crippen molar-refractivity contribution in [3.8, 4) is 5.75 Å². The van der Waals surface area contributed by atoms with Crippen LogP contribution in [0.3, 0.4) is 0 Å². The van der Waals surface area contributed by atoms with Gasteiger partial charge < -0.3 is 14.8 Å². The molecule has 0 fully saturated rings. The van der Waals surface area contributed by atoms with Gasteiger partial charge in [0.05, 0.1) is 17.7 Å². The minimum Gasteiger partial charge on any atom is -0.481 e. The molecule has 0 aliphatic heterocycles. The van der Waals surface area contributed by atoms with E-state index in [1.54, 1.807) is 13.0 Å². The maximum absolute atomic E-state index is 12.5. The van der Waals surface area contributed by atoms with E-state index in [2.05, 4.69) is 23.9 Å². The molecule has 0 saturated heterocycles. The van der Waals surface area contributed by atoms with Crippen LogP contribution in [-0.4, -0.2) is 25.1 Å². The van der Waals surface area contributed by atoms with Crippen molar-refractivity contribution in [2.45, 2.75) is 39.7 Å². The molecule has 144 valence electrons. The molecule has 1 N–H and O–H groups in total. The number of anilines is 1. The van der Waals surface area contributed by atoms with Crippen molar-refractivity contribution >= 4 is 29.2 Å². The summed E-state index contributed by atoms with van der Waals surface area (Å²) >= 11 is 6.00. The average molecular weight is 390 g/mol. The number of hydrogen-bond acceptors (Lipinski definition) is 4. The maximum atomic E-state index is 12.5. The smallest absolute Gasteiger partial charge is 0.339 e. The molecule has 2 rings (SSSR count). The molecule has 1 amide bonds. The second kappa shape index (κ2) is 8.91. The van der Waals surface area contributed by atoms with E-state index in [0.717, 1.165) is 11.1 Å². The fraction of sp³-hybridized carbons (Fsp3) is 0.333. The summed E-state index contributed by atoms with van der Waals surface area (Å²) < 4.78 is 10.6. The molecule has 0 radical (unpaired) electrons. The number of benzene rings is 2. The lowest BCUT2D eigenvalue weighted by Crippen LogP contribution is -2.30. The van der Waals surface area contributed by atoms with E-state index >= 15 is 0 Å². The first-order chi connectivity index (χ1) is 12.7. The highest BCUT2D eigenvalue weighted by atomic mass is 35.5. The number of carbonyl (C=O) groups is 2. The molecular weight excluding hydrogens is 366 g/mol. The first kappa shape index (κ1) is 20.8. The van der Waals surface area contributed by atoms with Crippen LogP contribution in [-0.2, 0) is 9.53 Å². The topological polar surface area (TPSA) is 64.6 Å². The number of esters is 1. The van der Waals surface area contributed by atoms with E-state index in [0.29, 0.717) is 11.4 Å². The molecule has 0 aliphatic rings. The molecule has 1 atom stereocenters. The Bertz CT molecular complexity index is 848. The number of amides is 1. The van der Waals surface area contributed by atoms with Gasteiger partial charge >= 0.3 is 5.97 Å². The van der Waals surface area contributed by atoms with Gasteiger partial charge in [-0.15, -0.1) is 0 Å². The van der Waals surface area contributed by atoms with Gasteiger partial charge in [-0.1, -0.05) is 37.6 Å². The Labute approximate surface area is 164 Å². The van der Waals surface area contributed by atoms with E-state index in [4.69, 9.17) is 16.3 Å². The number of aryl methyl sites for hydroxylation is 1. The van der Waals surface area contributed by atoms with Gasteiger partial charge in [0, 0.05) is 5.69 Å². The lowest BCUT2D eigenvalue weighted by atomic mass is 10.0. The molecule has 0 saturated carbocycles. The summed E-state index contributed by atoms with van der Waals surface area (Å²) in [6, 6.07) is 10.6. The fourth-order valence-corrected chi connectivity index (χ4v) is 2.77. The van der Waals surface area contributed by atoms with Crippen LogP contribution in [0.25, 0.3) is 0 Å². The van der Waals surface area contributed by atoms with Crippen molar-refractivity contribution in [2.75, 3.05) is 12.4 Å². The molecule has 6 heteroatoms. The number of halogens is 1. The Morgan fingerprint density at radius 2 is 1.78 bits per heavy atom. The summed E-state index contributed by atoms with van der Waals surface area (Å²) in [5.41, 5.74) is 2.72. The first-order valence-corrected chi connectivity index (χ1v) is 9.06. The molecule has 0 heterocycles. The Hall–Kier alpha value is -2.53. The third-order valence-electron chi connectivity index (χ3n) is 4.10. The first-order valence-electron chi connectivity index (χ1n) is 8.68. The van der Waals surface area contributed by atoms with Gasteiger partial charge in [0.15, 0.2) is 6.10 Å². The molecule has 0 aromatic heterocycles. The second-order valence-electron chi connectivity index (χ2n) is 6.63. The van der Waals surface area contributed by atoms with E-state index in [1.165, 1.54) is 19.2 Å². The van der Waals surface area contributed by atoms with E-state index in [9.17, 15) is 9.59 Å². The van der Waals surface area contributed by atoms with Crippen LogP contribution in [0.15, 0.2) is 36.4 Å². The summed E-state index contributed by atoms with van der Waals surface area (Å²) in [6.45, 7) is 7.80. The van der Waals surface area contributed by atoms with Gasteiger partial charge in [0.2, 0.25) is 0 Å². The van der Waals surface area contributed by atoms with E-state index in [-0.39, 0.29) is 22.4 Å². The predicted octanol–water partition coefficient (Wildman–Crippen LogP) is 4.96.